The summed E-state index contributed by atoms with van der Waals surface area (Å²) in [6, 6.07) is 3.55. The van der Waals surface area contributed by atoms with E-state index in [1.165, 1.54) is 0 Å². The summed E-state index contributed by atoms with van der Waals surface area (Å²) in [5, 5.41) is 10.1. The van der Waals surface area contributed by atoms with E-state index in [-0.39, 0.29) is 25.3 Å². The van der Waals surface area contributed by atoms with Gasteiger partial charge in [0.25, 0.3) is 0 Å². The van der Waals surface area contributed by atoms with Crippen LogP contribution in [-0.4, -0.2) is 11.0 Å². The van der Waals surface area contributed by atoms with Crippen molar-refractivity contribution < 1.29 is 28.8 Å². The average molecular weight is 157 g/mol. The Balaban J connectivity index is 0.00000121. The summed E-state index contributed by atoms with van der Waals surface area (Å²) < 4.78 is 0. The van der Waals surface area contributed by atoms with Crippen molar-refractivity contribution in [1.82, 2.24) is 4.98 Å². The molecule has 0 aromatic carbocycles. The largest absolute Gasteiger partial charge is 1.00 e. The SMILES string of the molecule is Cc1ccnc(CC(=O)[O-])c1.[Li+]. The predicted molar refractivity (Wildman–Crippen MR) is 37.7 cm³/mol. The van der Waals surface area contributed by atoms with Gasteiger partial charge < -0.3 is 9.90 Å². The molecule has 1 aromatic heterocycles. The molecule has 0 saturated heterocycles. The van der Waals surface area contributed by atoms with Crippen molar-refractivity contribution in [2.24, 2.45) is 0 Å². The summed E-state index contributed by atoms with van der Waals surface area (Å²) in [7, 11) is 0. The number of rotatable bonds is 2. The third-order valence-electron chi connectivity index (χ3n) is 1.30. The van der Waals surface area contributed by atoms with E-state index in [1.807, 2.05) is 13.0 Å². The number of hydrogen-bond donors (Lipinski definition) is 0. The second-order valence-electron chi connectivity index (χ2n) is 2.37. The fourth-order valence-corrected chi connectivity index (χ4v) is 0.843. The number of aliphatic carboxylic acids is 1. The standard InChI is InChI=1S/C8H9NO2.Li/c1-6-2-3-9-7(4-6)5-8(10)11;/h2-4H,5H2,1H3,(H,10,11);/q;+1/p-1. The van der Waals surface area contributed by atoms with Crippen LogP contribution in [0, 0.1) is 6.92 Å². The predicted octanol–water partition coefficient (Wildman–Crippen LogP) is -3.31. The van der Waals surface area contributed by atoms with E-state index in [0.717, 1.165) is 5.56 Å². The van der Waals surface area contributed by atoms with Crippen LogP contribution >= 0.6 is 0 Å². The Morgan fingerprint density at radius 1 is 1.67 bits per heavy atom. The second-order valence-corrected chi connectivity index (χ2v) is 2.37. The van der Waals surface area contributed by atoms with Gasteiger partial charge >= 0.3 is 18.9 Å². The Hall–Kier alpha value is -0.783. The van der Waals surface area contributed by atoms with Crippen LogP contribution in [0.1, 0.15) is 11.3 Å². The number of pyridine rings is 1. The molecule has 12 heavy (non-hydrogen) atoms. The van der Waals surface area contributed by atoms with Gasteiger partial charge in [-0.25, -0.2) is 0 Å². The Morgan fingerprint density at radius 2 is 2.33 bits per heavy atom. The molecule has 1 heterocycles. The molecule has 1 rings (SSSR count). The first-order valence-electron chi connectivity index (χ1n) is 3.30. The molecule has 0 radical (unpaired) electrons. The molecule has 0 saturated carbocycles. The van der Waals surface area contributed by atoms with E-state index in [0.29, 0.717) is 5.69 Å². The average Bonchev–Trinajstić information content (AvgIpc) is 1.85. The van der Waals surface area contributed by atoms with E-state index in [2.05, 4.69) is 4.98 Å². The molecular formula is C8H8LiNO2. The van der Waals surface area contributed by atoms with Crippen molar-refractivity contribution in [2.75, 3.05) is 0 Å². The number of aryl methyl sites for hydroxylation is 1. The first-order chi connectivity index (χ1) is 5.18. The summed E-state index contributed by atoms with van der Waals surface area (Å²) in [6.07, 6.45) is 1.48. The molecule has 0 unspecified atom stereocenters. The van der Waals surface area contributed by atoms with Gasteiger partial charge in [0.15, 0.2) is 0 Å². The zero-order chi connectivity index (χ0) is 8.27. The summed E-state index contributed by atoms with van der Waals surface area (Å²) in [6.45, 7) is 1.89. The molecule has 0 aliphatic heterocycles. The minimum Gasteiger partial charge on any atom is -0.550 e. The number of carboxylic acid groups (broad SMARTS) is 1. The second kappa shape index (κ2) is 4.97. The van der Waals surface area contributed by atoms with Crippen molar-refractivity contribution in [2.45, 2.75) is 13.3 Å². The molecule has 4 heteroatoms. The minimum atomic E-state index is -1.09. The van der Waals surface area contributed by atoms with Crippen LogP contribution in [0.4, 0.5) is 0 Å². The number of nitrogens with zero attached hydrogens (tertiary/aromatic N) is 1. The normalized spacial score (nSPS) is 8.75. The molecule has 1 aromatic rings. The summed E-state index contributed by atoms with van der Waals surface area (Å²) >= 11 is 0. The maximum atomic E-state index is 10.1. The molecule has 3 nitrogen and oxygen atoms in total. The van der Waals surface area contributed by atoms with Crippen molar-refractivity contribution in [3.8, 4) is 0 Å². The minimum absolute atomic E-state index is 0. The van der Waals surface area contributed by atoms with Crippen LogP contribution in [0.2, 0.25) is 0 Å². The zero-order valence-corrected chi connectivity index (χ0v) is 7.20. The van der Waals surface area contributed by atoms with E-state index < -0.39 is 5.97 Å². The molecule has 0 atom stereocenters. The topological polar surface area (TPSA) is 53.0 Å². The van der Waals surface area contributed by atoms with Gasteiger partial charge in [0.1, 0.15) is 0 Å². The molecule has 0 fully saturated rings. The van der Waals surface area contributed by atoms with Crippen molar-refractivity contribution in [1.29, 1.82) is 0 Å². The van der Waals surface area contributed by atoms with E-state index >= 15 is 0 Å². The molecule has 0 N–H and O–H groups in total. The summed E-state index contributed by atoms with van der Waals surface area (Å²) in [4.78, 5) is 14.0. The Morgan fingerprint density at radius 3 is 2.83 bits per heavy atom. The first-order valence-corrected chi connectivity index (χ1v) is 3.30. The zero-order valence-electron chi connectivity index (χ0n) is 7.20. The number of carbonyl (C=O) groups is 1. The molecule has 58 valence electrons. The van der Waals surface area contributed by atoms with E-state index in [1.54, 1.807) is 12.3 Å². The van der Waals surface area contributed by atoms with Gasteiger partial charge in [0, 0.05) is 24.3 Å². The van der Waals surface area contributed by atoms with Crippen LogP contribution in [0.5, 0.6) is 0 Å². The fraction of sp³-hybridized carbons (Fsp3) is 0.250. The van der Waals surface area contributed by atoms with Crippen molar-refractivity contribution in [3.63, 3.8) is 0 Å². The molecule has 0 bridgehead atoms. The summed E-state index contributed by atoms with van der Waals surface area (Å²) in [5.41, 5.74) is 1.56. The maximum Gasteiger partial charge on any atom is 1.00 e. The maximum absolute atomic E-state index is 10.1. The van der Waals surface area contributed by atoms with Gasteiger partial charge in [0.2, 0.25) is 0 Å². The monoisotopic (exact) mass is 157 g/mol. The number of aromatic nitrogens is 1. The molecule has 0 spiro atoms. The number of carbonyl (C=O) groups excluding carboxylic acids is 1. The van der Waals surface area contributed by atoms with Crippen LogP contribution < -0.4 is 24.0 Å². The quantitative estimate of drug-likeness (QED) is 0.422. The van der Waals surface area contributed by atoms with Gasteiger partial charge in [-0.3, -0.25) is 4.98 Å². The third kappa shape index (κ3) is 3.56. The van der Waals surface area contributed by atoms with Crippen LogP contribution in [-0.2, 0) is 11.2 Å². The first kappa shape index (κ1) is 11.2. The van der Waals surface area contributed by atoms with Gasteiger partial charge in [-0.2, -0.15) is 0 Å². The molecule has 0 aliphatic carbocycles. The van der Waals surface area contributed by atoms with Crippen molar-refractivity contribution >= 4 is 5.97 Å². The summed E-state index contributed by atoms with van der Waals surface area (Å²) in [5.74, 6) is -1.09. The van der Waals surface area contributed by atoms with Crippen LogP contribution in [0.25, 0.3) is 0 Å². The van der Waals surface area contributed by atoms with Gasteiger partial charge in [-0.15, -0.1) is 0 Å². The Bertz CT molecular complexity index is 276. The van der Waals surface area contributed by atoms with Gasteiger partial charge in [-0.05, 0) is 24.6 Å². The number of carboxylic acids is 1. The van der Waals surface area contributed by atoms with Crippen LogP contribution in [0.3, 0.4) is 0 Å². The van der Waals surface area contributed by atoms with Gasteiger partial charge in [0.05, 0.1) is 0 Å². The third-order valence-corrected chi connectivity index (χ3v) is 1.30. The van der Waals surface area contributed by atoms with Crippen molar-refractivity contribution in [3.05, 3.63) is 29.6 Å². The van der Waals surface area contributed by atoms with Crippen LogP contribution in [0.15, 0.2) is 18.3 Å². The van der Waals surface area contributed by atoms with E-state index in [9.17, 15) is 9.90 Å². The Labute approximate surface area is 83.0 Å². The van der Waals surface area contributed by atoms with E-state index in [4.69, 9.17) is 0 Å². The smallest absolute Gasteiger partial charge is 0.550 e. The molecule has 0 amide bonds. The fourth-order valence-electron chi connectivity index (χ4n) is 0.843. The Kier molecular flexibility index (Phi) is 4.64. The number of hydrogen-bond acceptors (Lipinski definition) is 3. The van der Waals surface area contributed by atoms with Gasteiger partial charge in [-0.1, -0.05) is 0 Å². The molecule has 0 aliphatic rings. The molecular weight excluding hydrogens is 149 g/mol.